The number of halogens is 1. The first kappa shape index (κ1) is 17.4. The highest BCUT2D eigenvalue weighted by Crippen LogP contribution is 2.17. The number of hydrogen-bond donors (Lipinski definition) is 2. The summed E-state index contributed by atoms with van der Waals surface area (Å²) < 4.78 is 4.62. The topological polar surface area (TPSA) is 81.4 Å². The van der Waals surface area contributed by atoms with Gasteiger partial charge in [0.1, 0.15) is 0 Å². The molecule has 0 aliphatic rings. The summed E-state index contributed by atoms with van der Waals surface area (Å²) in [5, 5.41) is 2.73. The molecule has 3 N–H and O–H groups in total. The fourth-order valence-corrected chi connectivity index (χ4v) is 1.49. The van der Waals surface area contributed by atoms with Gasteiger partial charge in [0.05, 0.1) is 25.6 Å². The van der Waals surface area contributed by atoms with Gasteiger partial charge in [-0.05, 0) is 12.5 Å². The molecule has 19 heavy (non-hydrogen) atoms. The third kappa shape index (κ3) is 5.72. The number of benzene rings is 1. The van der Waals surface area contributed by atoms with Gasteiger partial charge in [-0.2, -0.15) is 0 Å². The maximum Gasteiger partial charge on any atom is 0.307 e. The Labute approximate surface area is 118 Å². The zero-order chi connectivity index (χ0) is 13.5. The van der Waals surface area contributed by atoms with Crippen molar-refractivity contribution < 1.29 is 14.3 Å². The van der Waals surface area contributed by atoms with Crippen molar-refractivity contribution in [3.63, 3.8) is 0 Å². The van der Waals surface area contributed by atoms with Crippen LogP contribution in [0.4, 0.5) is 0 Å². The van der Waals surface area contributed by atoms with Gasteiger partial charge < -0.3 is 15.8 Å². The molecule has 2 atom stereocenters. The van der Waals surface area contributed by atoms with E-state index in [4.69, 9.17) is 5.73 Å². The van der Waals surface area contributed by atoms with Crippen LogP contribution in [0.2, 0.25) is 0 Å². The Hall–Kier alpha value is -1.59. The molecule has 0 radical (unpaired) electrons. The molecule has 0 saturated heterocycles. The summed E-state index contributed by atoms with van der Waals surface area (Å²) in [4.78, 5) is 23.0. The van der Waals surface area contributed by atoms with Crippen LogP contribution in [0.15, 0.2) is 30.3 Å². The van der Waals surface area contributed by atoms with E-state index in [-0.39, 0.29) is 30.7 Å². The van der Waals surface area contributed by atoms with Crippen molar-refractivity contribution in [1.82, 2.24) is 5.32 Å². The van der Waals surface area contributed by atoms with E-state index in [0.717, 1.165) is 5.56 Å². The van der Waals surface area contributed by atoms with Crippen molar-refractivity contribution in [2.45, 2.75) is 25.4 Å². The van der Waals surface area contributed by atoms with E-state index in [1.807, 2.05) is 30.3 Å². The summed E-state index contributed by atoms with van der Waals surface area (Å²) >= 11 is 0. The number of carbonyl (C=O) groups excluding carboxylic acids is 2. The number of rotatable bonds is 5. The minimum atomic E-state index is -0.617. The molecule has 0 fully saturated rings. The summed E-state index contributed by atoms with van der Waals surface area (Å²) in [5.41, 5.74) is 6.34. The van der Waals surface area contributed by atoms with Gasteiger partial charge in [0.15, 0.2) is 0 Å². The Balaban J connectivity index is 0.00000324. The van der Waals surface area contributed by atoms with Gasteiger partial charge >= 0.3 is 5.97 Å². The fourth-order valence-electron chi connectivity index (χ4n) is 1.49. The van der Waals surface area contributed by atoms with E-state index in [1.165, 1.54) is 7.11 Å². The Morgan fingerprint density at radius 1 is 1.32 bits per heavy atom. The number of nitrogens with two attached hydrogens (primary N) is 1. The first-order chi connectivity index (χ1) is 8.54. The Bertz CT molecular complexity index is 410. The van der Waals surface area contributed by atoms with Crippen molar-refractivity contribution in [2.75, 3.05) is 7.11 Å². The zero-order valence-electron chi connectivity index (χ0n) is 11.0. The van der Waals surface area contributed by atoms with Crippen LogP contribution in [0.1, 0.15) is 24.9 Å². The Morgan fingerprint density at radius 2 is 1.89 bits per heavy atom. The summed E-state index contributed by atoms with van der Waals surface area (Å²) in [5.74, 6) is -0.679. The minimum absolute atomic E-state index is 0. The van der Waals surface area contributed by atoms with E-state index < -0.39 is 12.1 Å². The molecule has 1 amide bonds. The second-order valence-electron chi connectivity index (χ2n) is 4.04. The first-order valence-corrected chi connectivity index (χ1v) is 5.72. The quantitative estimate of drug-likeness (QED) is 0.796. The molecule has 0 saturated carbocycles. The Kier molecular flexibility index (Phi) is 7.79. The van der Waals surface area contributed by atoms with Crippen molar-refractivity contribution in [2.24, 2.45) is 5.73 Å². The summed E-state index contributed by atoms with van der Waals surface area (Å²) in [7, 11) is 1.32. The number of carbonyl (C=O) groups is 2. The second-order valence-corrected chi connectivity index (χ2v) is 4.04. The predicted molar refractivity (Wildman–Crippen MR) is 74.9 cm³/mol. The van der Waals surface area contributed by atoms with E-state index in [0.29, 0.717) is 0 Å². The molecular formula is C13H19ClN2O3. The SMILES string of the molecule is COC(=O)CC(NC(=O)C(C)N)c1ccccc1.Cl. The van der Waals surface area contributed by atoms with Crippen LogP contribution in [-0.2, 0) is 14.3 Å². The highest BCUT2D eigenvalue weighted by molar-refractivity contribution is 5.85. The van der Waals surface area contributed by atoms with Gasteiger partial charge in [-0.3, -0.25) is 9.59 Å². The molecule has 0 aromatic heterocycles. The van der Waals surface area contributed by atoms with Crippen LogP contribution >= 0.6 is 12.4 Å². The van der Waals surface area contributed by atoms with Crippen molar-refractivity contribution >= 4 is 24.3 Å². The zero-order valence-corrected chi connectivity index (χ0v) is 11.8. The number of esters is 1. The van der Waals surface area contributed by atoms with Gasteiger partial charge in [-0.25, -0.2) is 0 Å². The number of nitrogens with one attached hydrogen (secondary N) is 1. The number of amides is 1. The van der Waals surface area contributed by atoms with Gasteiger partial charge in [-0.15, -0.1) is 12.4 Å². The molecule has 1 aromatic carbocycles. The van der Waals surface area contributed by atoms with E-state index in [2.05, 4.69) is 10.1 Å². The lowest BCUT2D eigenvalue weighted by molar-refractivity contribution is -0.141. The highest BCUT2D eigenvalue weighted by Gasteiger charge is 2.20. The van der Waals surface area contributed by atoms with E-state index in [9.17, 15) is 9.59 Å². The number of hydrogen-bond acceptors (Lipinski definition) is 4. The van der Waals surface area contributed by atoms with Crippen LogP contribution in [0, 0.1) is 0 Å². The molecule has 5 nitrogen and oxygen atoms in total. The molecule has 0 aliphatic heterocycles. The van der Waals surface area contributed by atoms with E-state index >= 15 is 0 Å². The van der Waals surface area contributed by atoms with Gasteiger partial charge in [0, 0.05) is 0 Å². The molecule has 1 rings (SSSR count). The standard InChI is InChI=1S/C13H18N2O3.ClH/c1-9(14)13(17)15-11(8-12(16)18-2)10-6-4-3-5-7-10;/h3-7,9,11H,8,14H2,1-2H3,(H,15,17);1H. The highest BCUT2D eigenvalue weighted by atomic mass is 35.5. The average molecular weight is 287 g/mol. The third-order valence-electron chi connectivity index (χ3n) is 2.53. The van der Waals surface area contributed by atoms with Crippen LogP contribution in [-0.4, -0.2) is 25.0 Å². The molecule has 6 heteroatoms. The van der Waals surface area contributed by atoms with Gasteiger partial charge in [0.25, 0.3) is 0 Å². The normalized spacial score (nSPS) is 12.8. The summed E-state index contributed by atoms with van der Waals surface area (Å²) in [6.07, 6.45) is 0.0823. The summed E-state index contributed by atoms with van der Waals surface area (Å²) in [6.45, 7) is 1.59. The van der Waals surface area contributed by atoms with Crippen molar-refractivity contribution in [1.29, 1.82) is 0 Å². The fraction of sp³-hybridized carbons (Fsp3) is 0.385. The smallest absolute Gasteiger partial charge is 0.307 e. The lowest BCUT2D eigenvalue weighted by atomic mass is 10.0. The first-order valence-electron chi connectivity index (χ1n) is 5.72. The molecule has 0 bridgehead atoms. The molecule has 1 aromatic rings. The molecular weight excluding hydrogens is 268 g/mol. The predicted octanol–water partition coefficient (Wildman–Crippen LogP) is 1.18. The van der Waals surface area contributed by atoms with Crippen LogP contribution in [0.5, 0.6) is 0 Å². The van der Waals surface area contributed by atoms with E-state index in [1.54, 1.807) is 6.92 Å². The second kappa shape index (κ2) is 8.50. The number of methoxy groups -OCH3 is 1. The molecule has 0 aliphatic carbocycles. The van der Waals surface area contributed by atoms with Crippen molar-refractivity contribution in [3.05, 3.63) is 35.9 Å². The van der Waals surface area contributed by atoms with Crippen LogP contribution in [0.25, 0.3) is 0 Å². The monoisotopic (exact) mass is 286 g/mol. The Morgan fingerprint density at radius 3 is 2.37 bits per heavy atom. The minimum Gasteiger partial charge on any atom is -0.469 e. The maximum absolute atomic E-state index is 11.6. The summed E-state index contributed by atoms with van der Waals surface area (Å²) in [6, 6.07) is 8.21. The molecule has 0 heterocycles. The lowest BCUT2D eigenvalue weighted by Crippen LogP contribution is -2.41. The molecule has 2 unspecified atom stereocenters. The van der Waals surface area contributed by atoms with Gasteiger partial charge in [0.2, 0.25) is 5.91 Å². The molecule has 106 valence electrons. The third-order valence-corrected chi connectivity index (χ3v) is 2.53. The van der Waals surface area contributed by atoms with Crippen LogP contribution < -0.4 is 11.1 Å². The average Bonchev–Trinajstić information content (AvgIpc) is 2.38. The van der Waals surface area contributed by atoms with Crippen molar-refractivity contribution in [3.8, 4) is 0 Å². The number of ether oxygens (including phenoxy) is 1. The lowest BCUT2D eigenvalue weighted by Gasteiger charge is -2.19. The van der Waals surface area contributed by atoms with Crippen LogP contribution in [0.3, 0.4) is 0 Å². The maximum atomic E-state index is 11.6. The largest absolute Gasteiger partial charge is 0.469 e. The van der Waals surface area contributed by atoms with Gasteiger partial charge in [-0.1, -0.05) is 30.3 Å². The molecule has 0 spiro atoms.